The minimum Gasteiger partial charge on any atom is -0.479 e. The van der Waals surface area contributed by atoms with E-state index in [9.17, 15) is 14.7 Å². The third-order valence-corrected chi connectivity index (χ3v) is 2.80. The molecule has 2 heterocycles. The minimum atomic E-state index is -1.24. The molecule has 5 nitrogen and oxygen atoms in total. The van der Waals surface area contributed by atoms with E-state index in [1.807, 2.05) is 6.92 Å². The molecule has 5 heteroatoms. The van der Waals surface area contributed by atoms with E-state index in [4.69, 9.17) is 0 Å². The van der Waals surface area contributed by atoms with Crippen LogP contribution in [0.15, 0.2) is 28.9 Å². The smallest absolute Gasteiger partial charge is 0.330 e. The van der Waals surface area contributed by atoms with Crippen LogP contribution in [0.25, 0.3) is 0 Å². The second-order valence-electron chi connectivity index (χ2n) is 4.20. The highest BCUT2D eigenvalue weighted by atomic mass is 16.4. The molecule has 84 valence electrons. The van der Waals surface area contributed by atoms with Gasteiger partial charge in [0, 0.05) is 6.20 Å². The van der Waals surface area contributed by atoms with Crippen LogP contribution >= 0.6 is 0 Å². The van der Waals surface area contributed by atoms with Crippen molar-refractivity contribution in [1.29, 1.82) is 0 Å². The molecule has 2 aliphatic rings. The van der Waals surface area contributed by atoms with Crippen LogP contribution in [-0.4, -0.2) is 33.3 Å². The number of hydrogen-bond acceptors (Lipinski definition) is 3. The van der Waals surface area contributed by atoms with Gasteiger partial charge in [0.25, 0.3) is 5.91 Å². The van der Waals surface area contributed by atoms with Crippen molar-refractivity contribution in [1.82, 2.24) is 4.90 Å². The van der Waals surface area contributed by atoms with Gasteiger partial charge in [0.15, 0.2) is 0 Å². The summed E-state index contributed by atoms with van der Waals surface area (Å²) in [5.41, 5.74) is -0.305. The molecule has 0 fully saturated rings. The van der Waals surface area contributed by atoms with E-state index in [0.29, 0.717) is 5.84 Å². The SMILES string of the molecule is CC1=CN2C(=NC(=O)CC2(C)C(=O)O)C=C1. The Morgan fingerprint density at radius 1 is 1.56 bits per heavy atom. The molecule has 0 saturated carbocycles. The maximum atomic E-state index is 11.4. The van der Waals surface area contributed by atoms with Crippen LogP contribution in [0.5, 0.6) is 0 Å². The number of fused-ring (bicyclic) bond motifs is 1. The maximum absolute atomic E-state index is 11.4. The van der Waals surface area contributed by atoms with Gasteiger partial charge in [-0.3, -0.25) is 4.79 Å². The Morgan fingerprint density at radius 3 is 2.88 bits per heavy atom. The fourth-order valence-corrected chi connectivity index (χ4v) is 1.81. The molecule has 0 aromatic heterocycles. The summed E-state index contributed by atoms with van der Waals surface area (Å²) < 4.78 is 0. The Labute approximate surface area is 92.8 Å². The monoisotopic (exact) mass is 220 g/mol. The Kier molecular flexibility index (Phi) is 2.18. The third kappa shape index (κ3) is 1.44. The predicted molar refractivity (Wildman–Crippen MR) is 57.8 cm³/mol. The topological polar surface area (TPSA) is 70.0 Å². The Hall–Kier alpha value is -1.91. The van der Waals surface area contributed by atoms with Crippen LogP contribution in [0, 0.1) is 0 Å². The van der Waals surface area contributed by atoms with Crippen molar-refractivity contribution in [2.24, 2.45) is 4.99 Å². The average molecular weight is 220 g/mol. The van der Waals surface area contributed by atoms with E-state index in [0.717, 1.165) is 5.57 Å². The first-order valence-corrected chi connectivity index (χ1v) is 4.94. The van der Waals surface area contributed by atoms with Gasteiger partial charge < -0.3 is 10.0 Å². The molecule has 0 aromatic carbocycles. The van der Waals surface area contributed by atoms with Crippen molar-refractivity contribution in [2.45, 2.75) is 25.8 Å². The van der Waals surface area contributed by atoms with E-state index < -0.39 is 17.4 Å². The lowest BCUT2D eigenvalue weighted by Crippen LogP contribution is -2.56. The predicted octanol–water partition coefficient (Wildman–Crippen LogP) is 0.934. The first-order valence-electron chi connectivity index (χ1n) is 4.94. The summed E-state index contributed by atoms with van der Waals surface area (Å²) in [5.74, 6) is -1.02. The zero-order chi connectivity index (χ0) is 11.9. The van der Waals surface area contributed by atoms with Crippen molar-refractivity contribution < 1.29 is 14.7 Å². The first-order chi connectivity index (χ1) is 7.43. The summed E-state index contributed by atoms with van der Waals surface area (Å²) in [4.78, 5) is 28.0. The van der Waals surface area contributed by atoms with Crippen molar-refractivity contribution in [3.05, 3.63) is 23.9 Å². The molecule has 0 aliphatic carbocycles. The zero-order valence-electron chi connectivity index (χ0n) is 9.10. The van der Waals surface area contributed by atoms with Crippen molar-refractivity contribution in [3.8, 4) is 0 Å². The van der Waals surface area contributed by atoms with E-state index >= 15 is 0 Å². The van der Waals surface area contributed by atoms with Gasteiger partial charge in [-0.2, -0.15) is 4.99 Å². The molecular formula is C11H12N2O3. The number of nitrogens with zero attached hydrogens (tertiary/aromatic N) is 2. The number of carboxylic acids is 1. The van der Waals surface area contributed by atoms with Crippen LogP contribution < -0.4 is 0 Å². The molecule has 0 saturated heterocycles. The molecule has 2 aliphatic heterocycles. The summed E-state index contributed by atoms with van der Waals surface area (Å²) in [5, 5.41) is 9.24. The largest absolute Gasteiger partial charge is 0.479 e. The zero-order valence-corrected chi connectivity index (χ0v) is 9.10. The van der Waals surface area contributed by atoms with E-state index in [-0.39, 0.29) is 6.42 Å². The lowest BCUT2D eigenvalue weighted by Gasteiger charge is -2.40. The molecule has 2 rings (SSSR count). The highest BCUT2D eigenvalue weighted by Gasteiger charge is 2.45. The van der Waals surface area contributed by atoms with Gasteiger partial charge in [0.05, 0.1) is 6.42 Å². The Morgan fingerprint density at radius 2 is 2.25 bits per heavy atom. The molecule has 0 spiro atoms. The molecule has 0 aromatic rings. The number of carboxylic acid groups (broad SMARTS) is 1. The van der Waals surface area contributed by atoms with Gasteiger partial charge in [-0.25, -0.2) is 4.79 Å². The summed E-state index contributed by atoms with van der Waals surface area (Å²) in [6.07, 6.45) is 5.06. The summed E-state index contributed by atoms with van der Waals surface area (Å²) >= 11 is 0. The number of hydrogen-bond donors (Lipinski definition) is 1. The number of rotatable bonds is 1. The minimum absolute atomic E-state index is 0.108. The molecular weight excluding hydrogens is 208 g/mol. The van der Waals surface area contributed by atoms with Crippen LogP contribution in [-0.2, 0) is 9.59 Å². The summed E-state index contributed by atoms with van der Waals surface area (Å²) in [7, 11) is 0. The fraction of sp³-hybridized carbons (Fsp3) is 0.364. The Bertz CT molecular complexity index is 462. The average Bonchev–Trinajstić information content (AvgIpc) is 2.19. The Balaban J connectivity index is 2.52. The summed E-state index contributed by atoms with van der Waals surface area (Å²) in [6.45, 7) is 3.40. The van der Waals surface area contributed by atoms with Crippen molar-refractivity contribution >= 4 is 17.7 Å². The lowest BCUT2D eigenvalue weighted by molar-refractivity contribution is -0.149. The molecule has 0 radical (unpaired) electrons. The second-order valence-corrected chi connectivity index (χ2v) is 4.20. The number of allylic oxidation sites excluding steroid dienone is 2. The highest BCUT2D eigenvalue weighted by molar-refractivity contribution is 6.08. The van der Waals surface area contributed by atoms with Crippen LogP contribution in [0.2, 0.25) is 0 Å². The molecule has 1 amide bonds. The van der Waals surface area contributed by atoms with E-state index in [1.54, 1.807) is 23.3 Å². The van der Waals surface area contributed by atoms with Gasteiger partial charge in [0.2, 0.25) is 0 Å². The van der Waals surface area contributed by atoms with Crippen molar-refractivity contribution in [2.75, 3.05) is 0 Å². The molecule has 16 heavy (non-hydrogen) atoms. The molecule has 1 atom stereocenters. The van der Waals surface area contributed by atoms with Crippen molar-refractivity contribution in [3.63, 3.8) is 0 Å². The highest BCUT2D eigenvalue weighted by Crippen LogP contribution is 2.29. The van der Waals surface area contributed by atoms with Gasteiger partial charge in [-0.05, 0) is 25.5 Å². The number of aliphatic carboxylic acids is 1. The van der Waals surface area contributed by atoms with E-state index in [2.05, 4.69) is 4.99 Å². The van der Waals surface area contributed by atoms with Gasteiger partial charge in [-0.15, -0.1) is 0 Å². The van der Waals surface area contributed by atoms with Crippen LogP contribution in [0.1, 0.15) is 20.3 Å². The van der Waals surface area contributed by atoms with Gasteiger partial charge in [-0.1, -0.05) is 6.08 Å². The molecule has 0 bridgehead atoms. The standard InChI is InChI=1S/C11H12N2O3/c1-7-3-4-8-12-9(14)5-11(2,10(15)16)13(8)6-7/h3-4,6H,5H2,1-2H3,(H,15,16). The van der Waals surface area contributed by atoms with Crippen LogP contribution in [0.4, 0.5) is 0 Å². The fourth-order valence-electron chi connectivity index (χ4n) is 1.81. The molecule has 1 N–H and O–H groups in total. The molecule has 1 unspecified atom stereocenters. The van der Waals surface area contributed by atoms with Crippen LogP contribution in [0.3, 0.4) is 0 Å². The number of amidine groups is 1. The maximum Gasteiger partial charge on any atom is 0.330 e. The third-order valence-electron chi connectivity index (χ3n) is 2.80. The normalized spacial score (nSPS) is 28.4. The van der Waals surface area contributed by atoms with E-state index in [1.165, 1.54) is 6.92 Å². The van der Waals surface area contributed by atoms with Gasteiger partial charge >= 0.3 is 5.97 Å². The quantitative estimate of drug-likeness (QED) is 0.713. The number of aliphatic imine (C=N–C) groups is 1. The first kappa shape index (κ1) is 10.6. The lowest BCUT2D eigenvalue weighted by atomic mass is 9.92. The van der Waals surface area contributed by atoms with Gasteiger partial charge in [0.1, 0.15) is 11.4 Å². The number of amides is 1. The number of carbonyl (C=O) groups excluding carboxylic acids is 1. The second kappa shape index (κ2) is 3.30. The number of carbonyl (C=O) groups is 2. The summed E-state index contributed by atoms with van der Waals surface area (Å²) in [6, 6.07) is 0.